The lowest BCUT2D eigenvalue weighted by molar-refractivity contribution is 0.291. The third-order valence-electron chi connectivity index (χ3n) is 0.697. The van der Waals surface area contributed by atoms with Crippen LogP contribution in [0.25, 0.3) is 0 Å². The number of rotatable bonds is 2. The number of hydrogen-bond donors (Lipinski definition) is 1. The number of alkyl halides is 1. The summed E-state index contributed by atoms with van der Waals surface area (Å²) in [5.41, 5.74) is 4.83. The molecule has 0 aromatic carbocycles. The van der Waals surface area contributed by atoms with E-state index in [1.165, 1.54) is 0 Å². The Kier molecular flexibility index (Phi) is 2.92. The van der Waals surface area contributed by atoms with Crippen molar-refractivity contribution in [3.05, 3.63) is 0 Å². The predicted octanol–water partition coefficient (Wildman–Crippen LogP) is 1.29. The van der Waals surface area contributed by atoms with Gasteiger partial charge in [-0.3, -0.25) is 0 Å². The summed E-state index contributed by atoms with van der Waals surface area (Å²) in [5, 5.41) is 0. The van der Waals surface area contributed by atoms with Gasteiger partial charge in [-0.15, -0.1) is 0 Å². The standard InChI is InChI=1S/C5H12FN/c1-4(2)3-5(6)7/h4-5H,3,7H2,1-2H3. The van der Waals surface area contributed by atoms with Gasteiger partial charge in [0, 0.05) is 0 Å². The van der Waals surface area contributed by atoms with Crippen molar-refractivity contribution in [3.8, 4) is 0 Å². The molecule has 0 saturated carbocycles. The van der Waals surface area contributed by atoms with Gasteiger partial charge in [-0.1, -0.05) is 13.8 Å². The molecule has 0 rings (SSSR count). The van der Waals surface area contributed by atoms with Crippen molar-refractivity contribution < 1.29 is 4.39 Å². The average Bonchev–Trinajstić information content (AvgIpc) is 1.27. The maximum Gasteiger partial charge on any atom is 0.148 e. The van der Waals surface area contributed by atoms with Gasteiger partial charge in [0.1, 0.15) is 6.30 Å². The molecule has 0 aliphatic rings. The zero-order valence-corrected chi connectivity index (χ0v) is 4.82. The number of hydrogen-bond acceptors (Lipinski definition) is 1. The maximum absolute atomic E-state index is 11.7. The Labute approximate surface area is 43.7 Å². The summed E-state index contributed by atoms with van der Waals surface area (Å²) >= 11 is 0. The van der Waals surface area contributed by atoms with Gasteiger partial charge in [-0.05, 0) is 12.3 Å². The van der Waals surface area contributed by atoms with Crippen molar-refractivity contribution in [2.45, 2.75) is 26.6 Å². The van der Waals surface area contributed by atoms with E-state index in [9.17, 15) is 4.39 Å². The van der Waals surface area contributed by atoms with E-state index in [0.717, 1.165) is 0 Å². The Hall–Kier alpha value is -0.110. The first kappa shape index (κ1) is 6.89. The van der Waals surface area contributed by atoms with Crippen LogP contribution in [0.1, 0.15) is 20.3 Å². The van der Waals surface area contributed by atoms with Crippen molar-refractivity contribution in [1.82, 2.24) is 0 Å². The van der Waals surface area contributed by atoms with Crippen LogP contribution in [0.4, 0.5) is 4.39 Å². The molecule has 0 radical (unpaired) electrons. The van der Waals surface area contributed by atoms with Gasteiger partial charge in [0.25, 0.3) is 0 Å². The molecule has 7 heavy (non-hydrogen) atoms. The predicted molar refractivity (Wildman–Crippen MR) is 28.5 cm³/mol. The second kappa shape index (κ2) is 2.97. The fourth-order valence-electron chi connectivity index (χ4n) is 0.450. The molecule has 0 saturated heterocycles. The highest BCUT2D eigenvalue weighted by molar-refractivity contribution is 4.48. The largest absolute Gasteiger partial charge is 0.302 e. The lowest BCUT2D eigenvalue weighted by Gasteiger charge is -2.02. The highest BCUT2D eigenvalue weighted by Crippen LogP contribution is 2.01. The molecule has 0 fully saturated rings. The molecule has 0 bridgehead atoms. The molecule has 0 aromatic heterocycles. The van der Waals surface area contributed by atoms with Crippen LogP contribution in [0.15, 0.2) is 0 Å². The van der Waals surface area contributed by atoms with E-state index in [4.69, 9.17) is 5.73 Å². The minimum absolute atomic E-state index is 0.375. The SMILES string of the molecule is CC(C)CC(N)F. The molecule has 0 aromatic rings. The van der Waals surface area contributed by atoms with Gasteiger partial charge in [-0.2, -0.15) is 0 Å². The van der Waals surface area contributed by atoms with E-state index in [2.05, 4.69) is 0 Å². The van der Waals surface area contributed by atoms with E-state index < -0.39 is 6.30 Å². The minimum atomic E-state index is -1.13. The van der Waals surface area contributed by atoms with E-state index in [0.29, 0.717) is 12.3 Å². The molecule has 1 nitrogen and oxygen atoms in total. The lowest BCUT2D eigenvalue weighted by atomic mass is 10.1. The van der Waals surface area contributed by atoms with Crippen LogP contribution in [0.5, 0.6) is 0 Å². The van der Waals surface area contributed by atoms with Gasteiger partial charge in [0.2, 0.25) is 0 Å². The second-order valence-electron chi connectivity index (χ2n) is 2.15. The Morgan fingerprint density at radius 3 is 2.00 bits per heavy atom. The number of nitrogens with two attached hydrogens (primary N) is 1. The van der Waals surface area contributed by atoms with Crippen molar-refractivity contribution in [1.29, 1.82) is 0 Å². The normalized spacial score (nSPS) is 15.0. The molecule has 0 amide bonds. The van der Waals surface area contributed by atoms with Gasteiger partial charge in [0.05, 0.1) is 0 Å². The average molecular weight is 105 g/mol. The van der Waals surface area contributed by atoms with Crippen LogP contribution in [0.3, 0.4) is 0 Å². The molecule has 0 heterocycles. The second-order valence-corrected chi connectivity index (χ2v) is 2.15. The van der Waals surface area contributed by atoms with Crippen molar-refractivity contribution in [2.24, 2.45) is 11.7 Å². The summed E-state index contributed by atoms with van der Waals surface area (Å²) in [6.45, 7) is 3.89. The molecule has 44 valence electrons. The van der Waals surface area contributed by atoms with Gasteiger partial charge in [0.15, 0.2) is 0 Å². The summed E-state index contributed by atoms with van der Waals surface area (Å²) < 4.78 is 11.7. The Morgan fingerprint density at radius 1 is 1.57 bits per heavy atom. The highest BCUT2D eigenvalue weighted by atomic mass is 19.1. The van der Waals surface area contributed by atoms with Gasteiger partial charge < -0.3 is 5.73 Å². The van der Waals surface area contributed by atoms with Crippen LogP contribution < -0.4 is 5.73 Å². The van der Waals surface area contributed by atoms with Gasteiger partial charge >= 0.3 is 0 Å². The summed E-state index contributed by atoms with van der Waals surface area (Å²) in [6, 6.07) is 0. The van der Waals surface area contributed by atoms with Crippen molar-refractivity contribution in [2.75, 3.05) is 0 Å². The van der Waals surface area contributed by atoms with Crippen LogP contribution in [0, 0.1) is 5.92 Å². The fraction of sp³-hybridized carbons (Fsp3) is 1.00. The monoisotopic (exact) mass is 105 g/mol. The first-order valence-corrected chi connectivity index (χ1v) is 2.52. The molecule has 2 heteroatoms. The molecule has 2 N–H and O–H groups in total. The molecule has 1 unspecified atom stereocenters. The molecule has 0 spiro atoms. The van der Waals surface area contributed by atoms with Crippen LogP contribution in [-0.4, -0.2) is 6.30 Å². The van der Waals surface area contributed by atoms with Crippen LogP contribution in [-0.2, 0) is 0 Å². The lowest BCUT2D eigenvalue weighted by Crippen LogP contribution is -2.15. The van der Waals surface area contributed by atoms with E-state index >= 15 is 0 Å². The number of halogens is 1. The Bertz CT molecular complexity index is 37.3. The quantitative estimate of drug-likeness (QED) is 0.526. The first-order chi connectivity index (χ1) is 3.13. The molecule has 0 aliphatic carbocycles. The smallest absolute Gasteiger partial charge is 0.148 e. The first-order valence-electron chi connectivity index (χ1n) is 2.52. The highest BCUT2D eigenvalue weighted by Gasteiger charge is 1.99. The zero-order chi connectivity index (χ0) is 5.86. The minimum Gasteiger partial charge on any atom is -0.302 e. The summed E-state index contributed by atoms with van der Waals surface area (Å²) in [5.74, 6) is 0.375. The van der Waals surface area contributed by atoms with E-state index in [-0.39, 0.29) is 0 Å². The summed E-state index contributed by atoms with van der Waals surface area (Å²) in [7, 11) is 0. The Morgan fingerprint density at radius 2 is 2.00 bits per heavy atom. The van der Waals surface area contributed by atoms with E-state index in [1.54, 1.807) is 0 Å². The molecular formula is C5H12FN. The molecule has 1 atom stereocenters. The molecular weight excluding hydrogens is 93.1 g/mol. The van der Waals surface area contributed by atoms with Crippen LogP contribution >= 0.6 is 0 Å². The summed E-state index contributed by atoms with van der Waals surface area (Å²) in [4.78, 5) is 0. The molecule has 0 aliphatic heterocycles. The third kappa shape index (κ3) is 5.89. The maximum atomic E-state index is 11.7. The van der Waals surface area contributed by atoms with E-state index in [1.807, 2.05) is 13.8 Å². The third-order valence-corrected chi connectivity index (χ3v) is 0.697. The van der Waals surface area contributed by atoms with Crippen molar-refractivity contribution >= 4 is 0 Å². The summed E-state index contributed by atoms with van der Waals surface area (Å²) in [6.07, 6.45) is -0.653. The fourth-order valence-corrected chi connectivity index (χ4v) is 0.450. The van der Waals surface area contributed by atoms with Gasteiger partial charge in [-0.25, -0.2) is 4.39 Å². The van der Waals surface area contributed by atoms with Crippen molar-refractivity contribution in [3.63, 3.8) is 0 Å². The topological polar surface area (TPSA) is 26.0 Å². The van der Waals surface area contributed by atoms with Crippen LogP contribution in [0.2, 0.25) is 0 Å². The zero-order valence-electron chi connectivity index (χ0n) is 4.82. The Balaban J connectivity index is 2.95.